The fourth-order valence-corrected chi connectivity index (χ4v) is 2.06. The maximum Gasteiger partial charge on any atom is 0.244 e. The van der Waals surface area contributed by atoms with Crippen LogP contribution in [0.5, 0.6) is 0 Å². The highest BCUT2D eigenvalue weighted by Gasteiger charge is 2.31. The summed E-state index contributed by atoms with van der Waals surface area (Å²) < 4.78 is 0. The number of hydrogen-bond donors (Lipinski definition) is 1. The summed E-state index contributed by atoms with van der Waals surface area (Å²) in [5, 5.41) is 3.28. The number of anilines is 1. The van der Waals surface area contributed by atoms with Gasteiger partial charge in [0.25, 0.3) is 0 Å². The third-order valence-corrected chi connectivity index (χ3v) is 3.05. The monoisotopic (exact) mass is 233 g/mol. The van der Waals surface area contributed by atoms with Crippen LogP contribution in [0.1, 0.15) is 25.5 Å². The number of aromatic nitrogens is 1. The van der Waals surface area contributed by atoms with Gasteiger partial charge in [-0.25, -0.2) is 0 Å². The minimum Gasteiger partial charge on any atom is -0.309 e. The molecule has 1 unspecified atom stereocenters. The first kappa shape index (κ1) is 12.0. The Morgan fingerprint density at radius 1 is 1.53 bits per heavy atom. The summed E-state index contributed by atoms with van der Waals surface area (Å²) in [5.41, 5.74) is 1.88. The SMILES string of the molecule is CCCNC1CCN(c2ccc(C)nc2)C1=O. The third-order valence-electron chi connectivity index (χ3n) is 3.05. The number of rotatable bonds is 4. The number of nitrogens with zero attached hydrogens (tertiary/aromatic N) is 2. The molecule has 1 atom stereocenters. The molecule has 1 aliphatic heterocycles. The van der Waals surface area contributed by atoms with E-state index in [9.17, 15) is 4.79 Å². The predicted octanol–water partition coefficient (Wildman–Crippen LogP) is 1.49. The van der Waals surface area contributed by atoms with Gasteiger partial charge in [0.2, 0.25) is 5.91 Å². The number of amides is 1. The first-order valence-electron chi connectivity index (χ1n) is 6.19. The van der Waals surface area contributed by atoms with Gasteiger partial charge in [0.15, 0.2) is 0 Å². The molecule has 2 heterocycles. The molecule has 0 radical (unpaired) electrons. The Bertz CT molecular complexity index is 388. The largest absolute Gasteiger partial charge is 0.309 e. The van der Waals surface area contributed by atoms with Crippen molar-refractivity contribution in [1.82, 2.24) is 10.3 Å². The molecule has 1 amide bonds. The second-order valence-electron chi connectivity index (χ2n) is 4.44. The quantitative estimate of drug-likeness (QED) is 0.857. The zero-order chi connectivity index (χ0) is 12.3. The molecule has 1 aromatic heterocycles. The average molecular weight is 233 g/mol. The van der Waals surface area contributed by atoms with Crippen molar-refractivity contribution in [1.29, 1.82) is 0 Å². The molecule has 4 nitrogen and oxygen atoms in total. The maximum absolute atomic E-state index is 12.1. The Hall–Kier alpha value is -1.42. The van der Waals surface area contributed by atoms with Gasteiger partial charge in [-0.2, -0.15) is 0 Å². The summed E-state index contributed by atoms with van der Waals surface area (Å²) in [6.07, 6.45) is 3.71. The van der Waals surface area contributed by atoms with Crippen LogP contribution < -0.4 is 10.2 Å². The zero-order valence-electron chi connectivity index (χ0n) is 10.4. The molecule has 0 aromatic carbocycles. The first-order valence-corrected chi connectivity index (χ1v) is 6.19. The minimum absolute atomic E-state index is 0.0174. The van der Waals surface area contributed by atoms with Crippen molar-refractivity contribution >= 4 is 11.6 Å². The highest BCUT2D eigenvalue weighted by molar-refractivity contribution is 5.99. The summed E-state index contributed by atoms with van der Waals surface area (Å²) in [7, 11) is 0. The lowest BCUT2D eigenvalue weighted by molar-refractivity contribution is -0.118. The number of aryl methyl sites for hydroxylation is 1. The second kappa shape index (κ2) is 5.27. The Morgan fingerprint density at radius 2 is 2.35 bits per heavy atom. The van der Waals surface area contributed by atoms with Crippen molar-refractivity contribution in [2.75, 3.05) is 18.0 Å². The maximum atomic E-state index is 12.1. The average Bonchev–Trinajstić information content (AvgIpc) is 2.69. The Balaban J connectivity index is 2.04. The van der Waals surface area contributed by atoms with E-state index in [2.05, 4.69) is 17.2 Å². The van der Waals surface area contributed by atoms with E-state index >= 15 is 0 Å². The molecule has 0 bridgehead atoms. The molecule has 2 rings (SSSR count). The summed E-state index contributed by atoms with van der Waals surface area (Å²) in [6, 6.07) is 3.88. The molecular formula is C13H19N3O. The topological polar surface area (TPSA) is 45.2 Å². The van der Waals surface area contributed by atoms with Crippen molar-refractivity contribution in [3.63, 3.8) is 0 Å². The van der Waals surface area contributed by atoms with Gasteiger partial charge in [-0.15, -0.1) is 0 Å². The smallest absolute Gasteiger partial charge is 0.244 e. The highest BCUT2D eigenvalue weighted by atomic mass is 16.2. The molecule has 1 fully saturated rings. The van der Waals surface area contributed by atoms with Crippen LogP contribution in [0.3, 0.4) is 0 Å². The molecule has 0 saturated carbocycles. The molecule has 1 N–H and O–H groups in total. The standard InChI is InChI=1S/C13H19N3O/c1-3-7-14-12-6-8-16(13(12)17)11-5-4-10(2)15-9-11/h4-5,9,12,14H,3,6-8H2,1-2H3. The number of pyridine rings is 1. The first-order chi connectivity index (χ1) is 8.22. The summed E-state index contributed by atoms with van der Waals surface area (Å²) >= 11 is 0. The van der Waals surface area contributed by atoms with E-state index < -0.39 is 0 Å². The van der Waals surface area contributed by atoms with E-state index in [4.69, 9.17) is 0 Å². The van der Waals surface area contributed by atoms with Crippen molar-refractivity contribution in [3.05, 3.63) is 24.0 Å². The Labute approximate surface area is 102 Å². The van der Waals surface area contributed by atoms with Gasteiger partial charge in [-0.05, 0) is 38.4 Å². The second-order valence-corrected chi connectivity index (χ2v) is 4.44. The summed E-state index contributed by atoms with van der Waals surface area (Å²) in [6.45, 7) is 5.73. The van der Waals surface area contributed by atoms with E-state index in [1.807, 2.05) is 24.0 Å². The van der Waals surface area contributed by atoms with Crippen LogP contribution in [0, 0.1) is 6.92 Å². The fourth-order valence-electron chi connectivity index (χ4n) is 2.06. The Morgan fingerprint density at radius 3 is 3.00 bits per heavy atom. The van der Waals surface area contributed by atoms with Gasteiger partial charge in [-0.1, -0.05) is 6.92 Å². The van der Waals surface area contributed by atoms with Crippen LogP contribution in [-0.2, 0) is 4.79 Å². The normalized spacial score (nSPS) is 20.0. The van der Waals surface area contributed by atoms with Gasteiger partial charge in [-0.3, -0.25) is 9.78 Å². The van der Waals surface area contributed by atoms with Crippen molar-refractivity contribution in [3.8, 4) is 0 Å². The molecule has 0 spiro atoms. The predicted molar refractivity (Wildman–Crippen MR) is 68.0 cm³/mol. The fraction of sp³-hybridized carbons (Fsp3) is 0.538. The molecule has 1 aromatic rings. The molecule has 17 heavy (non-hydrogen) atoms. The molecule has 0 aliphatic carbocycles. The van der Waals surface area contributed by atoms with Crippen LogP contribution in [0.25, 0.3) is 0 Å². The minimum atomic E-state index is -0.0174. The van der Waals surface area contributed by atoms with Gasteiger partial charge in [0.1, 0.15) is 0 Å². The van der Waals surface area contributed by atoms with E-state index in [1.54, 1.807) is 6.20 Å². The number of nitrogens with one attached hydrogen (secondary N) is 1. The van der Waals surface area contributed by atoms with Crippen molar-refractivity contribution in [2.24, 2.45) is 0 Å². The van der Waals surface area contributed by atoms with Gasteiger partial charge < -0.3 is 10.2 Å². The van der Waals surface area contributed by atoms with E-state index in [0.717, 1.165) is 37.3 Å². The van der Waals surface area contributed by atoms with Crippen LogP contribution in [-0.4, -0.2) is 30.0 Å². The Kier molecular flexibility index (Phi) is 3.74. The molecular weight excluding hydrogens is 214 g/mol. The van der Waals surface area contributed by atoms with Gasteiger partial charge in [0.05, 0.1) is 17.9 Å². The summed E-state index contributed by atoms with van der Waals surface area (Å²) in [4.78, 5) is 18.2. The zero-order valence-corrected chi connectivity index (χ0v) is 10.4. The third kappa shape index (κ3) is 2.64. The van der Waals surface area contributed by atoms with Gasteiger partial charge in [0, 0.05) is 12.2 Å². The molecule has 92 valence electrons. The van der Waals surface area contributed by atoms with Crippen LogP contribution in [0.4, 0.5) is 5.69 Å². The number of carbonyl (C=O) groups excluding carboxylic acids is 1. The van der Waals surface area contributed by atoms with Crippen LogP contribution in [0.2, 0.25) is 0 Å². The molecule has 1 aliphatic rings. The molecule has 4 heteroatoms. The lowest BCUT2D eigenvalue weighted by Gasteiger charge is -2.16. The number of hydrogen-bond acceptors (Lipinski definition) is 3. The number of carbonyl (C=O) groups is 1. The lowest BCUT2D eigenvalue weighted by Crippen LogP contribution is -2.38. The summed E-state index contributed by atoms with van der Waals surface area (Å²) in [5.74, 6) is 0.170. The van der Waals surface area contributed by atoms with Crippen molar-refractivity contribution < 1.29 is 4.79 Å². The van der Waals surface area contributed by atoms with Gasteiger partial charge >= 0.3 is 0 Å². The lowest BCUT2D eigenvalue weighted by atomic mass is 10.2. The van der Waals surface area contributed by atoms with Crippen LogP contribution >= 0.6 is 0 Å². The van der Waals surface area contributed by atoms with Crippen molar-refractivity contribution in [2.45, 2.75) is 32.7 Å². The van der Waals surface area contributed by atoms with E-state index in [0.29, 0.717) is 0 Å². The highest BCUT2D eigenvalue weighted by Crippen LogP contribution is 2.20. The van der Waals surface area contributed by atoms with Crippen LogP contribution in [0.15, 0.2) is 18.3 Å². The van der Waals surface area contributed by atoms with E-state index in [1.165, 1.54) is 0 Å². The molecule has 1 saturated heterocycles. The van der Waals surface area contributed by atoms with E-state index in [-0.39, 0.29) is 11.9 Å².